The van der Waals surface area contributed by atoms with Gasteiger partial charge in [0.15, 0.2) is 0 Å². The number of benzene rings is 2. The number of likely N-dealkylation sites (tertiary alicyclic amines) is 1. The molecule has 0 N–H and O–H groups in total. The van der Waals surface area contributed by atoms with E-state index in [4.69, 9.17) is 21.3 Å². The van der Waals surface area contributed by atoms with Crippen molar-refractivity contribution in [1.29, 1.82) is 0 Å². The molecule has 258 valence electrons. The van der Waals surface area contributed by atoms with Crippen LogP contribution in [-0.2, 0) is 27.8 Å². The van der Waals surface area contributed by atoms with E-state index >= 15 is 0 Å². The first-order valence-corrected chi connectivity index (χ1v) is 18.9. The molecule has 3 aromatic rings. The highest BCUT2D eigenvalue weighted by molar-refractivity contribution is 9.10. The monoisotopic (exact) mass is 758 g/mol. The fourth-order valence-corrected chi connectivity index (χ4v) is 7.45. The Labute approximate surface area is 298 Å². The summed E-state index contributed by atoms with van der Waals surface area (Å²) in [5, 5.41) is 0.754. The van der Waals surface area contributed by atoms with Crippen LogP contribution in [0.15, 0.2) is 69.7 Å². The van der Waals surface area contributed by atoms with E-state index in [2.05, 4.69) is 43.4 Å². The first kappa shape index (κ1) is 36.3. The number of nitrogens with zero attached hydrogens (tertiary/aromatic N) is 6. The van der Waals surface area contributed by atoms with E-state index in [1.54, 1.807) is 7.11 Å². The van der Waals surface area contributed by atoms with E-state index in [1.807, 2.05) is 52.4 Å². The summed E-state index contributed by atoms with van der Waals surface area (Å²) >= 11 is 9.96. The molecule has 1 unspecified atom stereocenters. The summed E-state index contributed by atoms with van der Waals surface area (Å²) in [5.74, 6) is 1.42. The summed E-state index contributed by atoms with van der Waals surface area (Å²) in [6.07, 6.45) is 7.36. The molecule has 2 aliphatic heterocycles. The zero-order valence-electron chi connectivity index (χ0n) is 27.8. The standard InChI is InChI=1S/C28H36BrClN6O3S.C7H8O/c1-33(2)40(38,39)32-19-34-9-7-20(8-10-34)15-26(37)35-11-13-36(14-12-35)28-25-6-5-24(30)17-21(25)3-4-22-16-23(29)18-31-27(22)28;1-8-7-5-3-2-4-6-7/h5-6,16-20,28H,3-4,7-15H2,1-2H3;2-6H,1H3/b32-19+;. The molecule has 0 radical (unpaired) electrons. The van der Waals surface area contributed by atoms with E-state index in [0.29, 0.717) is 38.5 Å². The lowest BCUT2D eigenvalue weighted by Crippen LogP contribution is -2.50. The van der Waals surface area contributed by atoms with Crippen molar-refractivity contribution in [2.24, 2.45) is 10.3 Å². The van der Waals surface area contributed by atoms with Crippen LogP contribution in [0.4, 0.5) is 0 Å². The summed E-state index contributed by atoms with van der Waals surface area (Å²) in [4.78, 5) is 24.5. The molecular weight excluding hydrogens is 716 g/mol. The predicted molar refractivity (Wildman–Crippen MR) is 194 cm³/mol. The smallest absolute Gasteiger partial charge is 0.323 e. The van der Waals surface area contributed by atoms with Crippen molar-refractivity contribution in [2.75, 3.05) is 60.5 Å². The fraction of sp³-hybridized carbons (Fsp3) is 0.457. The number of piperidine rings is 1. The minimum Gasteiger partial charge on any atom is -0.497 e. The minimum atomic E-state index is -3.61. The molecule has 2 aromatic carbocycles. The number of aryl methyl sites for hydroxylation is 2. The van der Waals surface area contributed by atoms with Gasteiger partial charge in [-0.3, -0.25) is 14.7 Å². The van der Waals surface area contributed by atoms with Crippen LogP contribution < -0.4 is 4.74 Å². The number of halogens is 2. The van der Waals surface area contributed by atoms with Crippen LogP contribution in [0, 0.1) is 5.92 Å². The molecule has 0 bridgehead atoms. The number of pyridine rings is 1. The van der Waals surface area contributed by atoms with Crippen molar-refractivity contribution in [3.05, 3.63) is 92.7 Å². The number of methoxy groups -OCH3 is 1. The van der Waals surface area contributed by atoms with E-state index in [9.17, 15) is 13.2 Å². The lowest BCUT2D eigenvalue weighted by molar-refractivity contribution is -0.134. The van der Waals surface area contributed by atoms with Crippen LogP contribution in [0.2, 0.25) is 5.02 Å². The number of piperazine rings is 1. The third kappa shape index (κ3) is 9.35. The van der Waals surface area contributed by atoms with Crippen molar-refractivity contribution in [3.8, 4) is 5.75 Å². The van der Waals surface area contributed by atoms with Crippen molar-refractivity contribution in [2.45, 2.75) is 38.1 Å². The Morgan fingerprint density at radius 3 is 2.35 bits per heavy atom. The van der Waals surface area contributed by atoms with Crippen molar-refractivity contribution in [3.63, 3.8) is 0 Å². The SMILES string of the molecule is CN(C)S(=O)(=O)/N=C/N1CCC(CC(=O)N2CCN(C3c4ccc(Cl)cc4CCc4cc(Br)cnc43)CC2)CC1.COc1ccccc1. The summed E-state index contributed by atoms with van der Waals surface area (Å²) < 4.78 is 34.5. The Bertz CT molecular complexity index is 1620. The number of ether oxygens (including phenoxy) is 1. The van der Waals surface area contributed by atoms with E-state index in [-0.39, 0.29) is 11.9 Å². The zero-order valence-corrected chi connectivity index (χ0v) is 30.9. The van der Waals surface area contributed by atoms with Crippen molar-refractivity contribution >= 4 is 50.0 Å². The molecule has 1 aliphatic carbocycles. The second-order valence-electron chi connectivity index (χ2n) is 12.5. The maximum absolute atomic E-state index is 13.2. The summed E-state index contributed by atoms with van der Waals surface area (Å²) in [5.41, 5.74) is 4.87. The number of amides is 1. The van der Waals surface area contributed by atoms with Gasteiger partial charge in [-0.15, -0.1) is 4.40 Å². The number of fused-ring (bicyclic) bond motifs is 2. The molecular formula is C35H44BrClN6O4S. The highest BCUT2D eigenvalue weighted by Gasteiger charge is 2.34. The molecule has 1 atom stereocenters. The first-order chi connectivity index (χ1) is 23.0. The van der Waals surface area contributed by atoms with Crippen LogP contribution >= 0.6 is 27.5 Å². The van der Waals surface area contributed by atoms with Crippen LogP contribution in [0.1, 0.15) is 47.7 Å². The molecule has 2 fully saturated rings. The molecule has 0 spiro atoms. The summed E-state index contributed by atoms with van der Waals surface area (Å²) in [6.45, 7) is 4.35. The van der Waals surface area contributed by atoms with Gasteiger partial charge in [-0.05, 0) is 94.6 Å². The van der Waals surface area contributed by atoms with Gasteiger partial charge in [-0.1, -0.05) is 35.9 Å². The van der Waals surface area contributed by atoms with Crippen molar-refractivity contribution in [1.82, 2.24) is 24.0 Å². The van der Waals surface area contributed by atoms with Gasteiger partial charge < -0.3 is 14.5 Å². The summed E-state index contributed by atoms with van der Waals surface area (Å²) in [6, 6.07) is 18.1. The Morgan fingerprint density at radius 1 is 1.02 bits per heavy atom. The Hall–Kier alpha value is -3.03. The molecule has 3 heterocycles. The number of rotatable bonds is 7. The van der Waals surface area contributed by atoms with Gasteiger partial charge in [-0.25, -0.2) is 0 Å². The molecule has 0 saturated carbocycles. The maximum Gasteiger partial charge on any atom is 0.323 e. The zero-order chi connectivity index (χ0) is 34.3. The molecule has 6 rings (SSSR count). The highest BCUT2D eigenvalue weighted by Crippen LogP contribution is 2.38. The normalized spacial score (nSPS) is 18.9. The minimum absolute atomic E-state index is 0.0393. The number of para-hydroxylation sites is 1. The lowest BCUT2D eigenvalue weighted by atomic mass is 9.93. The molecule has 1 aromatic heterocycles. The van der Waals surface area contributed by atoms with Crippen molar-refractivity contribution < 1.29 is 17.9 Å². The molecule has 1 amide bonds. The number of carbonyl (C=O) groups is 1. The largest absolute Gasteiger partial charge is 0.497 e. The van der Waals surface area contributed by atoms with Gasteiger partial charge in [-0.2, -0.15) is 12.7 Å². The number of hydrogen-bond donors (Lipinski definition) is 0. The van der Waals surface area contributed by atoms with E-state index in [1.165, 1.54) is 37.1 Å². The predicted octanol–water partition coefficient (Wildman–Crippen LogP) is 5.46. The Kier molecular flexibility index (Phi) is 12.5. The van der Waals surface area contributed by atoms with Crippen LogP contribution in [0.3, 0.4) is 0 Å². The van der Waals surface area contributed by atoms with Crippen LogP contribution in [0.5, 0.6) is 5.75 Å². The van der Waals surface area contributed by atoms with Gasteiger partial charge in [0.2, 0.25) is 5.91 Å². The third-order valence-corrected chi connectivity index (χ3v) is 11.2. The van der Waals surface area contributed by atoms with Gasteiger partial charge in [0.25, 0.3) is 0 Å². The number of hydrogen-bond acceptors (Lipinski definition) is 6. The fourth-order valence-electron chi connectivity index (χ4n) is 6.44. The van der Waals surface area contributed by atoms with Crippen LogP contribution in [0.25, 0.3) is 0 Å². The topological polar surface area (TPSA) is 98.7 Å². The van der Waals surface area contributed by atoms with E-state index < -0.39 is 10.2 Å². The molecule has 48 heavy (non-hydrogen) atoms. The Morgan fingerprint density at radius 2 is 1.71 bits per heavy atom. The second-order valence-corrected chi connectivity index (χ2v) is 15.7. The first-order valence-electron chi connectivity index (χ1n) is 16.3. The average molecular weight is 760 g/mol. The average Bonchev–Trinajstić information content (AvgIpc) is 3.24. The van der Waals surface area contributed by atoms with Gasteiger partial charge in [0, 0.05) is 75.5 Å². The molecule has 10 nitrogen and oxygen atoms in total. The number of carbonyl (C=O) groups excluding carboxylic acids is 1. The third-order valence-electron chi connectivity index (χ3n) is 9.22. The second kappa shape index (κ2) is 16.6. The lowest BCUT2D eigenvalue weighted by Gasteiger charge is -2.40. The summed E-state index contributed by atoms with van der Waals surface area (Å²) in [7, 11) is 0.976. The quantitative estimate of drug-likeness (QED) is 0.233. The van der Waals surface area contributed by atoms with Gasteiger partial charge in [0.1, 0.15) is 12.1 Å². The molecule has 2 saturated heterocycles. The van der Waals surface area contributed by atoms with Crippen LogP contribution in [-0.4, -0.2) is 105 Å². The van der Waals surface area contributed by atoms with Gasteiger partial charge in [0.05, 0.1) is 18.8 Å². The highest BCUT2D eigenvalue weighted by atomic mass is 79.9. The van der Waals surface area contributed by atoms with E-state index in [0.717, 1.165) is 64.0 Å². The maximum atomic E-state index is 13.2. The number of aromatic nitrogens is 1. The Balaban J connectivity index is 0.000000494. The molecule has 3 aliphatic rings. The molecule has 13 heteroatoms. The van der Waals surface area contributed by atoms with Gasteiger partial charge >= 0.3 is 10.2 Å².